The van der Waals surface area contributed by atoms with Crippen LogP contribution in [0, 0.1) is 0 Å². The molecule has 144 valence electrons. The molecule has 2 aromatic carbocycles. The number of hydrogen-bond acceptors (Lipinski definition) is 4. The normalized spacial score (nSPS) is 10.3. The Balaban J connectivity index is 1.45. The monoisotopic (exact) mass is 375 g/mol. The molecular formula is C23H25N3O2. The molecule has 0 bridgehead atoms. The van der Waals surface area contributed by atoms with Crippen molar-refractivity contribution in [3.05, 3.63) is 89.7 Å². The summed E-state index contributed by atoms with van der Waals surface area (Å²) in [6, 6.07) is 21.7. The lowest BCUT2D eigenvalue weighted by Gasteiger charge is -2.10. The molecule has 0 saturated heterocycles. The average Bonchev–Trinajstić information content (AvgIpc) is 2.76. The molecule has 28 heavy (non-hydrogen) atoms. The number of carbonyl (C=O) groups excluding carboxylic acids is 1. The first kappa shape index (κ1) is 19.4. The van der Waals surface area contributed by atoms with Gasteiger partial charge in [0.15, 0.2) is 0 Å². The van der Waals surface area contributed by atoms with Gasteiger partial charge in [-0.05, 0) is 36.6 Å². The van der Waals surface area contributed by atoms with E-state index >= 15 is 0 Å². The van der Waals surface area contributed by atoms with Gasteiger partial charge in [0.25, 0.3) is 5.91 Å². The highest BCUT2D eigenvalue weighted by molar-refractivity contribution is 5.92. The second-order valence-corrected chi connectivity index (χ2v) is 6.44. The minimum Gasteiger partial charge on any atom is -0.496 e. The lowest BCUT2D eigenvalue weighted by atomic mass is 10.1. The zero-order valence-electron chi connectivity index (χ0n) is 16.0. The van der Waals surface area contributed by atoms with Crippen molar-refractivity contribution in [3.8, 4) is 5.75 Å². The van der Waals surface area contributed by atoms with Crippen LogP contribution in [0.4, 0.5) is 5.69 Å². The third-order valence-corrected chi connectivity index (χ3v) is 4.44. The number of nitrogens with one attached hydrogen (secondary N) is 2. The number of ether oxygens (including phenoxy) is 1. The quantitative estimate of drug-likeness (QED) is 0.554. The van der Waals surface area contributed by atoms with E-state index in [4.69, 9.17) is 4.74 Å². The van der Waals surface area contributed by atoms with Crippen molar-refractivity contribution < 1.29 is 9.53 Å². The molecule has 0 fully saturated rings. The fourth-order valence-corrected chi connectivity index (χ4v) is 2.91. The van der Waals surface area contributed by atoms with Gasteiger partial charge in [-0.25, -0.2) is 4.98 Å². The van der Waals surface area contributed by atoms with Crippen LogP contribution in [0.1, 0.15) is 28.0 Å². The van der Waals surface area contributed by atoms with Gasteiger partial charge in [-0.1, -0.05) is 48.5 Å². The molecule has 0 aliphatic carbocycles. The number of anilines is 1. The third-order valence-electron chi connectivity index (χ3n) is 4.44. The lowest BCUT2D eigenvalue weighted by Crippen LogP contribution is -2.25. The minimum atomic E-state index is -0.149. The van der Waals surface area contributed by atoms with E-state index in [-0.39, 0.29) is 5.91 Å². The zero-order chi connectivity index (χ0) is 19.6. The molecule has 3 rings (SSSR count). The maximum Gasteiger partial charge on any atom is 0.269 e. The van der Waals surface area contributed by atoms with Crippen molar-refractivity contribution in [2.45, 2.75) is 19.4 Å². The van der Waals surface area contributed by atoms with E-state index < -0.39 is 0 Å². The molecule has 1 aromatic heterocycles. The van der Waals surface area contributed by atoms with Gasteiger partial charge in [-0.15, -0.1) is 0 Å². The summed E-state index contributed by atoms with van der Waals surface area (Å²) in [7, 11) is 1.66. The summed E-state index contributed by atoms with van der Waals surface area (Å²) in [4.78, 5) is 16.5. The molecule has 5 nitrogen and oxygen atoms in total. The Morgan fingerprint density at radius 1 is 1.00 bits per heavy atom. The Labute approximate surface area is 165 Å². The highest BCUT2D eigenvalue weighted by atomic mass is 16.5. The number of para-hydroxylation sites is 1. The average molecular weight is 375 g/mol. The summed E-state index contributed by atoms with van der Waals surface area (Å²) < 4.78 is 5.35. The number of aromatic nitrogens is 1. The van der Waals surface area contributed by atoms with E-state index in [1.807, 2.05) is 48.5 Å². The lowest BCUT2D eigenvalue weighted by molar-refractivity contribution is 0.0948. The summed E-state index contributed by atoms with van der Waals surface area (Å²) in [6.45, 7) is 1.25. The number of methoxy groups -OCH3 is 1. The fourth-order valence-electron chi connectivity index (χ4n) is 2.91. The van der Waals surface area contributed by atoms with E-state index in [1.165, 1.54) is 5.56 Å². The molecule has 0 unspecified atom stereocenters. The number of nitrogens with zero attached hydrogens (tertiary/aromatic N) is 1. The first-order valence-electron chi connectivity index (χ1n) is 9.40. The standard InChI is InChI=1S/C23H25N3O2/c1-28-22-12-6-5-11-19(22)16-25-20-13-14-21(26-17-20)23(27)24-15-7-10-18-8-3-2-4-9-18/h2-6,8-9,11-14,17,25H,7,10,15-16H2,1H3,(H,24,27). The second kappa shape index (κ2) is 10.1. The highest BCUT2D eigenvalue weighted by Crippen LogP contribution is 2.18. The van der Waals surface area contributed by atoms with Crippen molar-refractivity contribution in [1.29, 1.82) is 0 Å². The zero-order valence-corrected chi connectivity index (χ0v) is 16.0. The largest absolute Gasteiger partial charge is 0.496 e. The predicted octanol–water partition coefficient (Wildman–Crippen LogP) is 4.06. The van der Waals surface area contributed by atoms with Crippen LogP contribution >= 0.6 is 0 Å². The SMILES string of the molecule is COc1ccccc1CNc1ccc(C(=O)NCCCc2ccccc2)nc1. The van der Waals surface area contributed by atoms with Crippen molar-refractivity contribution >= 4 is 11.6 Å². The number of amides is 1. The molecule has 2 N–H and O–H groups in total. The molecule has 0 radical (unpaired) electrons. The van der Waals surface area contributed by atoms with Gasteiger partial charge in [-0.2, -0.15) is 0 Å². The van der Waals surface area contributed by atoms with Gasteiger partial charge in [0, 0.05) is 18.7 Å². The van der Waals surface area contributed by atoms with Crippen LogP contribution in [-0.2, 0) is 13.0 Å². The Kier molecular flexibility index (Phi) is 7.01. The second-order valence-electron chi connectivity index (χ2n) is 6.44. The summed E-state index contributed by atoms with van der Waals surface area (Å²) in [6.07, 6.45) is 3.52. The highest BCUT2D eigenvalue weighted by Gasteiger charge is 2.07. The van der Waals surface area contributed by atoms with Crippen molar-refractivity contribution in [1.82, 2.24) is 10.3 Å². The van der Waals surface area contributed by atoms with E-state index in [0.717, 1.165) is 29.8 Å². The van der Waals surface area contributed by atoms with E-state index in [0.29, 0.717) is 18.8 Å². The van der Waals surface area contributed by atoms with Crippen LogP contribution in [0.3, 0.4) is 0 Å². The van der Waals surface area contributed by atoms with Gasteiger partial charge in [0.2, 0.25) is 0 Å². The maximum absolute atomic E-state index is 12.2. The van der Waals surface area contributed by atoms with Crippen LogP contribution in [0.25, 0.3) is 0 Å². The van der Waals surface area contributed by atoms with Crippen molar-refractivity contribution in [2.75, 3.05) is 19.0 Å². The van der Waals surface area contributed by atoms with Crippen molar-refractivity contribution in [3.63, 3.8) is 0 Å². The molecule has 0 spiro atoms. The Hall–Kier alpha value is -3.34. The van der Waals surface area contributed by atoms with Gasteiger partial charge in [0.1, 0.15) is 11.4 Å². The maximum atomic E-state index is 12.2. The van der Waals surface area contributed by atoms with Crippen LogP contribution in [-0.4, -0.2) is 24.5 Å². The van der Waals surface area contributed by atoms with Crippen LogP contribution in [0.5, 0.6) is 5.75 Å². The molecule has 0 saturated carbocycles. The molecular weight excluding hydrogens is 350 g/mol. The van der Waals surface area contributed by atoms with Crippen molar-refractivity contribution in [2.24, 2.45) is 0 Å². The summed E-state index contributed by atoms with van der Waals surface area (Å²) in [5.41, 5.74) is 3.61. The molecule has 0 aliphatic heterocycles. The van der Waals surface area contributed by atoms with Crippen LogP contribution in [0.15, 0.2) is 72.9 Å². The number of benzene rings is 2. The van der Waals surface area contributed by atoms with E-state index in [1.54, 1.807) is 19.4 Å². The van der Waals surface area contributed by atoms with Gasteiger partial charge in [-0.3, -0.25) is 4.79 Å². The van der Waals surface area contributed by atoms with Crippen LogP contribution < -0.4 is 15.4 Å². The van der Waals surface area contributed by atoms with E-state index in [2.05, 4.69) is 27.8 Å². The number of hydrogen-bond donors (Lipinski definition) is 2. The molecule has 1 heterocycles. The van der Waals surface area contributed by atoms with Gasteiger partial charge >= 0.3 is 0 Å². The first-order valence-corrected chi connectivity index (χ1v) is 9.40. The molecule has 0 aliphatic rings. The molecule has 0 atom stereocenters. The topological polar surface area (TPSA) is 63.2 Å². The summed E-state index contributed by atoms with van der Waals surface area (Å²) >= 11 is 0. The number of aryl methyl sites for hydroxylation is 1. The fraction of sp³-hybridized carbons (Fsp3) is 0.217. The Bertz CT molecular complexity index is 880. The van der Waals surface area contributed by atoms with E-state index in [9.17, 15) is 4.79 Å². The number of pyridine rings is 1. The summed E-state index contributed by atoms with van der Waals surface area (Å²) in [5.74, 6) is 0.693. The predicted molar refractivity (Wildman–Crippen MR) is 112 cm³/mol. The molecule has 3 aromatic rings. The summed E-state index contributed by atoms with van der Waals surface area (Å²) in [5, 5.41) is 6.22. The van der Waals surface area contributed by atoms with Crippen LogP contribution in [0.2, 0.25) is 0 Å². The third kappa shape index (κ3) is 5.58. The molecule has 1 amide bonds. The smallest absolute Gasteiger partial charge is 0.269 e. The Morgan fingerprint density at radius 3 is 2.54 bits per heavy atom. The number of rotatable bonds is 9. The minimum absolute atomic E-state index is 0.149. The Morgan fingerprint density at radius 2 is 1.79 bits per heavy atom. The van der Waals surface area contributed by atoms with Gasteiger partial charge < -0.3 is 15.4 Å². The number of carbonyl (C=O) groups is 1. The van der Waals surface area contributed by atoms with Gasteiger partial charge in [0.05, 0.1) is 19.0 Å². The molecule has 5 heteroatoms. The first-order chi connectivity index (χ1) is 13.8.